The summed E-state index contributed by atoms with van der Waals surface area (Å²) in [5, 5.41) is 12.9. The van der Waals surface area contributed by atoms with Gasteiger partial charge in [-0.3, -0.25) is 0 Å². The van der Waals surface area contributed by atoms with E-state index in [-0.39, 0.29) is 5.92 Å². The lowest BCUT2D eigenvalue weighted by Gasteiger charge is -2.28. The Labute approximate surface area is 121 Å². The molecule has 1 aromatic rings. The van der Waals surface area contributed by atoms with E-state index in [4.69, 9.17) is 0 Å². The second-order valence-corrected chi connectivity index (χ2v) is 6.09. The molecule has 3 rings (SSSR count). The maximum Gasteiger partial charge on any atom is 0.0669 e. The molecule has 3 heteroatoms. The third-order valence-corrected chi connectivity index (χ3v) is 4.62. The highest BCUT2D eigenvalue weighted by Crippen LogP contribution is 2.35. The number of nitrogens with one attached hydrogen (secondary N) is 1. The summed E-state index contributed by atoms with van der Waals surface area (Å²) in [4.78, 5) is 2.48. The molecule has 0 saturated carbocycles. The first-order valence-corrected chi connectivity index (χ1v) is 7.81. The maximum absolute atomic E-state index is 9.47. The van der Waals surface area contributed by atoms with Crippen LogP contribution in [0.4, 0.5) is 5.69 Å². The molecule has 3 nitrogen and oxygen atoms in total. The number of hydrogen-bond acceptors (Lipinski definition) is 3. The Hall–Kier alpha value is -1.53. The Morgan fingerprint density at radius 2 is 2.05 bits per heavy atom. The van der Waals surface area contributed by atoms with Gasteiger partial charge in [0.25, 0.3) is 0 Å². The van der Waals surface area contributed by atoms with Crippen LogP contribution < -0.4 is 5.32 Å². The highest BCUT2D eigenvalue weighted by Gasteiger charge is 2.26. The van der Waals surface area contributed by atoms with Crippen LogP contribution in [0.25, 0.3) is 0 Å². The van der Waals surface area contributed by atoms with Crippen molar-refractivity contribution in [2.75, 3.05) is 31.5 Å². The summed E-state index contributed by atoms with van der Waals surface area (Å²) in [5.41, 5.74) is 2.65. The quantitative estimate of drug-likeness (QED) is 0.912. The van der Waals surface area contributed by atoms with Crippen molar-refractivity contribution in [2.24, 2.45) is 5.92 Å². The highest BCUT2D eigenvalue weighted by molar-refractivity contribution is 5.57. The van der Waals surface area contributed by atoms with Gasteiger partial charge in [0.1, 0.15) is 0 Å². The van der Waals surface area contributed by atoms with Gasteiger partial charge in [0, 0.05) is 24.7 Å². The van der Waals surface area contributed by atoms with Crippen LogP contribution in [-0.4, -0.2) is 31.1 Å². The van der Waals surface area contributed by atoms with Crippen molar-refractivity contribution in [3.63, 3.8) is 0 Å². The second-order valence-electron chi connectivity index (χ2n) is 6.09. The molecule has 2 heterocycles. The molecule has 2 aliphatic rings. The molecule has 1 fully saturated rings. The lowest BCUT2D eigenvalue weighted by Crippen LogP contribution is -2.34. The largest absolute Gasteiger partial charge is 0.384 e. The standard InChI is InChI=1S/C17H23N3/c18-11-14(13-20-8-4-1-5-9-20)10-15-12-19-17-7-3-2-6-16(15)17/h2-3,6-7,14-15,19H,1,4-5,8-10,12-13H2. The van der Waals surface area contributed by atoms with Crippen molar-refractivity contribution in [2.45, 2.75) is 31.6 Å². The minimum absolute atomic E-state index is 0.158. The van der Waals surface area contributed by atoms with Gasteiger partial charge in [-0.1, -0.05) is 24.6 Å². The third kappa shape index (κ3) is 2.96. The SMILES string of the molecule is N#CC(CC1CNc2ccccc21)CN1CCCCC1. The highest BCUT2D eigenvalue weighted by atomic mass is 15.1. The number of likely N-dealkylation sites (tertiary alicyclic amines) is 1. The van der Waals surface area contributed by atoms with E-state index in [1.807, 2.05) is 0 Å². The average Bonchev–Trinajstić information content (AvgIpc) is 2.91. The number of rotatable bonds is 4. The monoisotopic (exact) mass is 269 g/mol. The molecule has 1 saturated heterocycles. The van der Waals surface area contributed by atoms with E-state index >= 15 is 0 Å². The number of fused-ring (bicyclic) bond motifs is 1. The Morgan fingerprint density at radius 3 is 2.85 bits per heavy atom. The number of nitrogens with zero attached hydrogens (tertiary/aromatic N) is 2. The second kappa shape index (κ2) is 6.28. The van der Waals surface area contributed by atoms with Crippen LogP contribution >= 0.6 is 0 Å². The fourth-order valence-electron chi connectivity index (χ4n) is 3.53. The third-order valence-electron chi connectivity index (χ3n) is 4.62. The van der Waals surface area contributed by atoms with E-state index in [2.05, 4.69) is 40.6 Å². The molecule has 106 valence electrons. The molecule has 0 aromatic heterocycles. The predicted octanol–water partition coefficient (Wildman–Crippen LogP) is 3.21. The normalized spacial score (nSPS) is 23.6. The topological polar surface area (TPSA) is 39.1 Å². The summed E-state index contributed by atoms with van der Waals surface area (Å²) in [6.45, 7) is 4.29. The van der Waals surface area contributed by atoms with E-state index < -0.39 is 0 Å². The molecule has 2 atom stereocenters. The molecule has 0 aliphatic carbocycles. The van der Waals surface area contributed by atoms with Gasteiger partial charge in [0.05, 0.1) is 12.0 Å². The number of nitriles is 1. The van der Waals surface area contributed by atoms with E-state index in [0.29, 0.717) is 5.92 Å². The van der Waals surface area contributed by atoms with E-state index in [1.165, 1.54) is 43.6 Å². The zero-order chi connectivity index (χ0) is 13.8. The van der Waals surface area contributed by atoms with Gasteiger partial charge in [-0.15, -0.1) is 0 Å². The summed E-state index contributed by atoms with van der Waals surface area (Å²) in [7, 11) is 0. The van der Waals surface area contributed by atoms with Crippen molar-refractivity contribution in [1.29, 1.82) is 5.26 Å². The van der Waals surface area contributed by atoms with Crippen molar-refractivity contribution in [3.8, 4) is 6.07 Å². The van der Waals surface area contributed by atoms with Crippen LogP contribution in [0.5, 0.6) is 0 Å². The lowest BCUT2D eigenvalue weighted by atomic mass is 9.90. The Bertz CT molecular complexity index is 485. The van der Waals surface area contributed by atoms with Gasteiger partial charge in [0.2, 0.25) is 0 Å². The van der Waals surface area contributed by atoms with Gasteiger partial charge < -0.3 is 10.2 Å². The van der Waals surface area contributed by atoms with E-state index in [9.17, 15) is 5.26 Å². The fraction of sp³-hybridized carbons (Fsp3) is 0.588. The number of para-hydroxylation sites is 1. The summed E-state index contributed by atoms with van der Waals surface area (Å²) in [6, 6.07) is 11.1. The Morgan fingerprint density at radius 1 is 1.25 bits per heavy atom. The first-order valence-electron chi connectivity index (χ1n) is 7.81. The molecule has 1 N–H and O–H groups in total. The molecule has 0 amide bonds. The van der Waals surface area contributed by atoms with Gasteiger partial charge in [-0.25, -0.2) is 0 Å². The van der Waals surface area contributed by atoms with Crippen LogP contribution in [0, 0.1) is 17.2 Å². The van der Waals surface area contributed by atoms with Crippen molar-refractivity contribution < 1.29 is 0 Å². The average molecular weight is 269 g/mol. The smallest absolute Gasteiger partial charge is 0.0669 e. The lowest BCUT2D eigenvalue weighted by molar-refractivity contribution is 0.205. The summed E-state index contributed by atoms with van der Waals surface area (Å²) < 4.78 is 0. The summed E-state index contributed by atoms with van der Waals surface area (Å²) in [5.74, 6) is 0.659. The van der Waals surface area contributed by atoms with Gasteiger partial charge >= 0.3 is 0 Å². The van der Waals surface area contributed by atoms with Crippen molar-refractivity contribution >= 4 is 5.69 Å². The zero-order valence-corrected chi connectivity index (χ0v) is 12.0. The molecule has 0 spiro atoms. The van der Waals surface area contributed by atoms with Crippen LogP contribution in [0.15, 0.2) is 24.3 Å². The zero-order valence-electron chi connectivity index (χ0n) is 12.0. The number of piperidine rings is 1. The minimum atomic E-state index is 0.158. The van der Waals surface area contributed by atoms with Crippen molar-refractivity contribution in [1.82, 2.24) is 4.90 Å². The molecule has 2 aliphatic heterocycles. The fourth-order valence-corrected chi connectivity index (χ4v) is 3.53. The minimum Gasteiger partial charge on any atom is -0.384 e. The molecular formula is C17H23N3. The summed E-state index contributed by atoms with van der Waals surface area (Å²) >= 11 is 0. The number of anilines is 1. The van der Waals surface area contributed by atoms with E-state index in [0.717, 1.165) is 19.5 Å². The van der Waals surface area contributed by atoms with Crippen molar-refractivity contribution in [3.05, 3.63) is 29.8 Å². The first-order chi connectivity index (χ1) is 9.86. The Balaban J connectivity index is 1.60. The summed E-state index contributed by atoms with van der Waals surface area (Å²) in [6.07, 6.45) is 4.93. The number of hydrogen-bond donors (Lipinski definition) is 1. The van der Waals surface area contributed by atoms with Crippen LogP contribution in [0.1, 0.15) is 37.2 Å². The molecule has 2 unspecified atom stereocenters. The predicted molar refractivity (Wildman–Crippen MR) is 81.7 cm³/mol. The van der Waals surface area contributed by atoms with E-state index in [1.54, 1.807) is 0 Å². The van der Waals surface area contributed by atoms with Crippen LogP contribution in [0.3, 0.4) is 0 Å². The Kier molecular flexibility index (Phi) is 4.22. The van der Waals surface area contributed by atoms with Gasteiger partial charge in [-0.05, 0) is 44.0 Å². The molecule has 20 heavy (non-hydrogen) atoms. The van der Waals surface area contributed by atoms with Crippen LogP contribution in [-0.2, 0) is 0 Å². The molecule has 0 radical (unpaired) electrons. The van der Waals surface area contributed by atoms with Crippen LogP contribution in [0.2, 0.25) is 0 Å². The molecular weight excluding hydrogens is 246 g/mol. The van der Waals surface area contributed by atoms with Gasteiger partial charge in [-0.2, -0.15) is 5.26 Å². The maximum atomic E-state index is 9.47. The molecule has 0 bridgehead atoms. The van der Waals surface area contributed by atoms with Gasteiger partial charge in [0.15, 0.2) is 0 Å². The molecule has 1 aromatic carbocycles. The number of benzene rings is 1. The first kappa shape index (κ1) is 13.5.